The summed E-state index contributed by atoms with van der Waals surface area (Å²) in [7, 11) is 1.68. The van der Waals surface area contributed by atoms with E-state index in [-0.39, 0.29) is 12.5 Å². The summed E-state index contributed by atoms with van der Waals surface area (Å²) in [4.78, 5) is 39.7. The first-order valence-corrected chi connectivity index (χ1v) is 10.6. The molecule has 2 heterocycles. The summed E-state index contributed by atoms with van der Waals surface area (Å²) in [6, 6.07) is 17.2. The second-order valence-electron chi connectivity index (χ2n) is 8.07. The number of para-hydroxylation sites is 1. The van der Waals surface area contributed by atoms with Gasteiger partial charge in [0.2, 0.25) is 5.91 Å². The number of carbonyl (C=O) groups is 1. The SMILES string of the molecule is Cc1ccc(-c2nn(-c3ccccc3)cc2CN(C)C(=O)Cn2ccc(=O)[nH]c2=O)cc1C. The largest absolute Gasteiger partial charge is 0.340 e. The minimum atomic E-state index is -0.614. The predicted molar refractivity (Wildman–Crippen MR) is 126 cm³/mol. The summed E-state index contributed by atoms with van der Waals surface area (Å²) in [5.74, 6) is -0.261. The molecule has 0 aliphatic heterocycles. The lowest BCUT2D eigenvalue weighted by Gasteiger charge is -2.18. The number of amides is 1. The van der Waals surface area contributed by atoms with Crippen molar-refractivity contribution in [2.45, 2.75) is 26.9 Å². The summed E-state index contributed by atoms with van der Waals surface area (Å²) >= 11 is 0. The van der Waals surface area contributed by atoms with E-state index < -0.39 is 11.2 Å². The molecule has 33 heavy (non-hydrogen) atoms. The third-order valence-corrected chi connectivity index (χ3v) is 5.63. The van der Waals surface area contributed by atoms with Crippen LogP contribution in [0.5, 0.6) is 0 Å². The number of benzene rings is 2. The first kappa shape index (κ1) is 22.0. The molecular weight excluding hydrogens is 418 g/mol. The van der Waals surface area contributed by atoms with Crippen LogP contribution in [0.2, 0.25) is 0 Å². The van der Waals surface area contributed by atoms with Crippen molar-refractivity contribution in [2.75, 3.05) is 7.05 Å². The number of nitrogens with one attached hydrogen (secondary N) is 1. The number of likely N-dealkylation sites (N-methyl/N-ethyl adjacent to an activating group) is 1. The Morgan fingerprint density at radius 3 is 2.48 bits per heavy atom. The van der Waals surface area contributed by atoms with E-state index in [1.165, 1.54) is 22.4 Å². The molecule has 0 aliphatic carbocycles. The van der Waals surface area contributed by atoms with Gasteiger partial charge in [0.05, 0.1) is 11.4 Å². The number of nitrogens with zero attached hydrogens (tertiary/aromatic N) is 4. The van der Waals surface area contributed by atoms with Crippen molar-refractivity contribution in [1.29, 1.82) is 0 Å². The molecule has 0 radical (unpaired) electrons. The molecule has 2 aromatic carbocycles. The van der Waals surface area contributed by atoms with Crippen molar-refractivity contribution in [3.8, 4) is 16.9 Å². The number of H-pyrrole nitrogens is 1. The average Bonchev–Trinajstić information content (AvgIpc) is 3.22. The topological polar surface area (TPSA) is 93.0 Å². The van der Waals surface area contributed by atoms with Crippen molar-refractivity contribution < 1.29 is 4.79 Å². The Morgan fingerprint density at radius 1 is 1.03 bits per heavy atom. The molecule has 1 N–H and O–H groups in total. The molecule has 1 amide bonds. The highest BCUT2D eigenvalue weighted by atomic mass is 16.2. The molecule has 4 aromatic rings. The zero-order valence-corrected chi connectivity index (χ0v) is 18.8. The average molecular weight is 444 g/mol. The highest BCUT2D eigenvalue weighted by Crippen LogP contribution is 2.26. The lowest BCUT2D eigenvalue weighted by atomic mass is 10.0. The normalized spacial score (nSPS) is 10.9. The third-order valence-electron chi connectivity index (χ3n) is 5.63. The van der Waals surface area contributed by atoms with Gasteiger partial charge in [-0.1, -0.05) is 30.3 Å². The van der Waals surface area contributed by atoms with E-state index in [9.17, 15) is 14.4 Å². The van der Waals surface area contributed by atoms with E-state index in [0.717, 1.165) is 28.1 Å². The number of hydrogen-bond acceptors (Lipinski definition) is 4. The van der Waals surface area contributed by atoms with Gasteiger partial charge < -0.3 is 4.90 Å². The fourth-order valence-electron chi connectivity index (χ4n) is 3.55. The van der Waals surface area contributed by atoms with Crippen molar-refractivity contribution >= 4 is 5.91 Å². The molecule has 2 aromatic heterocycles. The van der Waals surface area contributed by atoms with Gasteiger partial charge in [0, 0.05) is 43.2 Å². The van der Waals surface area contributed by atoms with Crippen LogP contribution in [0.1, 0.15) is 16.7 Å². The standard InChI is InChI=1S/C25H25N5O3/c1-17-9-10-19(13-18(17)2)24-20(15-30(27-24)21-7-5-4-6-8-21)14-28(3)23(32)16-29-12-11-22(31)26-25(29)33/h4-13,15H,14,16H2,1-3H3,(H,26,31,33). The molecule has 0 aliphatic rings. The van der Waals surface area contributed by atoms with Crippen LogP contribution in [0.15, 0.2) is 76.6 Å². The molecule has 0 fully saturated rings. The molecule has 0 atom stereocenters. The van der Waals surface area contributed by atoms with Crippen molar-refractivity contribution in [2.24, 2.45) is 0 Å². The summed E-state index contributed by atoms with van der Waals surface area (Å²) in [6.45, 7) is 4.27. The van der Waals surface area contributed by atoms with Crippen molar-refractivity contribution in [3.63, 3.8) is 0 Å². The fraction of sp³-hybridized carbons (Fsp3) is 0.200. The Labute approximate surface area is 190 Å². The minimum Gasteiger partial charge on any atom is -0.340 e. The predicted octanol–water partition coefficient (Wildman–Crippen LogP) is 2.66. The quantitative estimate of drug-likeness (QED) is 0.496. The lowest BCUT2D eigenvalue weighted by molar-refractivity contribution is -0.131. The van der Waals surface area contributed by atoms with E-state index in [1.807, 2.05) is 47.3 Å². The van der Waals surface area contributed by atoms with Crippen LogP contribution in [0.25, 0.3) is 16.9 Å². The smallest absolute Gasteiger partial charge is 0.328 e. The van der Waals surface area contributed by atoms with Crippen LogP contribution >= 0.6 is 0 Å². The van der Waals surface area contributed by atoms with Crippen LogP contribution in [0.4, 0.5) is 0 Å². The monoisotopic (exact) mass is 443 g/mol. The van der Waals surface area contributed by atoms with E-state index in [0.29, 0.717) is 6.54 Å². The Hall–Kier alpha value is -4.20. The Morgan fingerprint density at radius 2 is 1.79 bits per heavy atom. The van der Waals surface area contributed by atoms with Gasteiger partial charge in [-0.3, -0.25) is 19.1 Å². The third kappa shape index (κ3) is 4.85. The number of aryl methyl sites for hydroxylation is 2. The molecule has 8 nitrogen and oxygen atoms in total. The van der Waals surface area contributed by atoms with Crippen molar-refractivity contribution in [1.82, 2.24) is 24.2 Å². The maximum atomic E-state index is 12.8. The van der Waals surface area contributed by atoms with Gasteiger partial charge in [0.15, 0.2) is 0 Å². The highest BCUT2D eigenvalue weighted by molar-refractivity contribution is 5.76. The number of aromatic amines is 1. The molecule has 0 unspecified atom stereocenters. The van der Waals surface area contributed by atoms with Gasteiger partial charge in [-0.05, 0) is 43.2 Å². The van der Waals surface area contributed by atoms with Gasteiger partial charge >= 0.3 is 5.69 Å². The number of aromatic nitrogens is 4. The molecular formula is C25H25N5O3. The molecule has 4 rings (SSSR count). The molecule has 0 bridgehead atoms. The number of hydrogen-bond donors (Lipinski definition) is 1. The van der Waals surface area contributed by atoms with Crippen LogP contribution in [-0.2, 0) is 17.9 Å². The second kappa shape index (κ2) is 9.12. The summed E-state index contributed by atoms with van der Waals surface area (Å²) in [5.41, 5.74) is 4.81. The Kier molecular flexibility index (Phi) is 6.08. The van der Waals surface area contributed by atoms with Crippen molar-refractivity contribution in [3.05, 3.63) is 105 Å². The van der Waals surface area contributed by atoms with Crippen LogP contribution in [0.3, 0.4) is 0 Å². The second-order valence-corrected chi connectivity index (χ2v) is 8.07. The highest BCUT2D eigenvalue weighted by Gasteiger charge is 2.18. The van der Waals surface area contributed by atoms with E-state index in [4.69, 9.17) is 5.10 Å². The number of carbonyl (C=O) groups excluding carboxylic acids is 1. The molecule has 8 heteroatoms. The summed E-state index contributed by atoms with van der Waals surface area (Å²) < 4.78 is 2.99. The van der Waals surface area contributed by atoms with Gasteiger partial charge in [0.1, 0.15) is 6.54 Å². The zero-order valence-electron chi connectivity index (χ0n) is 18.8. The maximum Gasteiger partial charge on any atom is 0.328 e. The van der Waals surface area contributed by atoms with E-state index in [2.05, 4.69) is 31.0 Å². The van der Waals surface area contributed by atoms with E-state index in [1.54, 1.807) is 11.9 Å². The minimum absolute atomic E-state index is 0.169. The Bertz CT molecular complexity index is 1420. The van der Waals surface area contributed by atoms with E-state index >= 15 is 0 Å². The lowest BCUT2D eigenvalue weighted by Crippen LogP contribution is -2.36. The first-order valence-electron chi connectivity index (χ1n) is 10.6. The molecule has 0 spiro atoms. The first-order chi connectivity index (χ1) is 15.8. The maximum absolute atomic E-state index is 12.8. The molecule has 168 valence electrons. The number of rotatable bonds is 6. The van der Waals surface area contributed by atoms with Crippen LogP contribution < -0.4 is 11.2 Å². The fourth-order valence-corrected chi connectivity index (χ4v) is 3.55. The molecule has 0 saturated heterocycles. The summed E-state index contributed by atoms with van der Waals surface area (Å²) in [6.07, 6.45) is 3.25. The van der Waals surface area contributed by atoms with Gasteiger partial charge in [0.25, 0.3) is 5.56 Å². The van der Waals surface area contributed by atoms with Gasteiger partial charge in [-0.25, -0.2) is 9.48 Å². The van der Waals surface area contributed by atoms with Crippen LogP contribution in [0, 0.1) is 13.8 Å². The molecule has 0 saturated carbocycles. The summed E-state index contributed by atoms with van der Waals surface area (Å²) in [5, 5.41) is 4.83. The Balaban J connectivity index is 1.65. The van der Waals surface area contributed by atoms with Gasteiger partial charge in [-0.2, -0.15) is 5.10 Å². The van der Waals surface area contributed by atoms with Gasteiger partial charge in [-0.15, -0.1) is 0 Å². The zero-order chi connectivity index (χ0) is 23.5. The van der Waals surface area contributed by atoms with Crippen LogP contribution in [-0.4, -0.2) is 37.2 Å².